The maximum absolute atomic E-state index is 12.4. The zero-order chi connectivity index (χ0) is 16.8. The number of nitrogens with one attached hydrogen (secondary N) is 2. The number of anilines is 1. The molecule has 3 rings (SSSR count). The molecule has 0 saturated carbocycles. The average Bonchev–Trinajstić information content (AvgIpc) is 3.14. The van der Waals surface area contributed by atoms with Gasteiger partial charge in [0.25, 0.3) is 5.91 Å². The predicted octanol–water partition coefficient (Wildman–Crippen LogP) is 1.62. The molecule has 1 atom stereocenters. The second-order valence-corrected chi connectivity index (χ2v) is 6.36. The van der Waals surface area contributed by atoms with E-state index >= 15 is 0 Å². The molecule has 2 saturated heterocycles. The van der Waals surface area contributed by atoms with Gasteiger partial charge in [-0.15, -0.1) is 0 Å². The second kappa shape index (κ2) is 8.41. The molecule has 0 spiro atoms. The number of ether oxygens (including phenoxy) is 2. The molecular weight excluding hydrogens is 326 g/mol. The third kappa shape index (κ3) is 4.66. The van der Waals surface area contributed by atoms with Gasteiger partial charge in [0.15, 0.2) is 5.11 Å². The fraction of sp³-hybridized carbons (Fsp3) is 0.529. The Morgan fingerprint density at radius 3 is 2.62 bits per heavy atom. The van der Waals surface area contributed by atoms with Crippen LogP contribution in [0.3, 0.4) is 0 Å². The molecule has 0 radical (unpaired) electrons. The highest BCUT2D eigenvalue weighted by molar-refractivity contribution is 7.80. The molecule has 2 heterocycles. The van der Waals surface area contributed by atoms with E-state index in [0.29, 0.717) is 37.0 Å². The van der Waals surface area contributed by atoms with Crippen molar-refractivity contribution in [1.29, 1.82) is 0 Å². The Balaban J connectivity index is 1.48. The van der Waals surface area contributed by atoms with Crippen molar-refractivity contribution in [2.75, 3.05) is 44.8 Å². The van der Waals surface area contributed by atoms with Crippen LogP contribution in [0.5, 0.6) is 0 Å². The Kier molecular flexibility index (Phi) is 6.01. The Hall–Kier alpha value is -1.70. The van der Waals surface area contributed by atoms with Crippen molar-refractivity contribution in [1.82, 2.24) is 10.2 Å². The third-order valence-corrected chi connectivity index (χ3v) is 4.45. The van der Waals surface area contributed by atoms with Crippen LogP contribution in [0.15, 0.2) is 24.3 Å². The molecule has 130 valence electrons. The molecule has 2 aliphatic rings. The summed E-state index contributed by atoms with van der Waals surface area (Å²) in [5.74, 6) is 0.0453. The Bertz CT molecular complexity index is 567. The van der Waals surface area contributed by atoms with Crippen LogP contribution in [0.4, 0.5) is 5.69 Å². The summed E-state index contributed by atoms with van der Waals surface area (Å²) in [5, 5.41) is 6.87. The van der Waals surface area contributed by atoms with Gasteiger partial charge in [0.2, 0.25) is 0 Å². The molecule has 6 nitrogen and oxygen atoms in total. The lowest BCUT2D eigenvalue weighted by Gasteiger charge is -2.26. The lowest BCUT2D eigenvalue weighted by Crippen LogP contribution is -2.40. The minimum atomic E-state index is 0.0453. The van der Waals surface area contributed by atoms with Gasteiger partial charge in [-0.2, -0.15) is 0 Å². The highest BCUT2D eigenvalue weighted by atomic mass is 32.1. The minimum Gasteiger partial charge on any atom is -0.378 e. The molecule has 24 heavy (non-hydrogen) atoms. The van der Waals surface area contributed by atoms with Crippen molar-refractivity contribution in [2.24, 2.45) is 0 Å². The van der Waals surface area contributed by atoms with Gasteiger partial charge < -0.3 is 25.0 Å². The predicted molar refractivity (Wildman–Crippen MR) is 96.4 cm³/mol. The standard InChI is InChI=1S/C17H23N3O3S/c21-16(20-7-10-22-11-8-20)13-3-5-14(6-4-13)19-17(24)18-12-15-2-1-9-23-15/h3-6,15H,1-2,7-12H2,(H2,18,19,24)/t15-/m0/s1. The number of hydrogen-bond acceptors (Lipinski definition) is 4. The number of hydrogen-bond donors (Lipinski definition) is 2. The molecule has 2 aliphatic heterocycles. The smallest absolute Gasteiger partial charge is 0.254 e. The van der Waals surface area contributed by atoms with E-state index in [-0.39, 0.29) is 12.0 Å². The topological polar surface area (TPSA) is 62.8 Å². The van der Waals surface area contributed by atoms with Gasteiger partial charge in [0.05, 0.1) is 19.3 Å². The lowest BCUT2D eigenvalue weighted by atomic mass is 10.1. The molecule has 1 amide bonds. The van der Waals surface area contributed by atoms with Crippen LogP contribution in [-0.4, -0.2) is 61.5 Å². The summed E-state index contributed by atoms with van der Waals surface area (Å²) in [6.07, 6.45) is 2.44. The summed E-state index contributed by atoms with van der Waals surface area (Å²) >= 11 is 5.29. The molecule has 1 aromatic carbocycles. The quantitative estimate of drug-likeness (QED) is 0.806. The summed E-state index contributed by atoms with van der Waals surface area (Å²) in [4.78, 5) is 14.2. The first-order valence-corrected chi connectivity index (χ1v) is 8.77. The van der Waals surface area contributed by atoms with E-state index in [2.05, 4.69) is 10.6 Å². The maximum Gasteiger partial charge on any atom is 0.254 e. The first-order chi connectivity index (χ1) is 11.7. The number of carbonyl (C=O) groups excluding carboxylic acids is 1. The van der Waals surface area contributed by atoms with Crippen molar-refractivity contribution in [2.45, 2.75) is 18.9 Å². The van der Waals surface area contributed by atoms with Gasteiger partial charge in [-0.1, -0.05) is 0 Å². The van der Waals surface area contributed by atoms with E-state index in [1.807, 2.05) is 29.2 Å². The van der Waals surface area contributed by atoms with Crippen LogP contribution < -0.4 is 10.6 Å². The molecule has 0 aromatic heterocycles. The monoisotopic (exact) mass is 349 g/mol. The zero-order valence-electron chi connectivity index (χ0n) is 13.6. The highest BCUT2D eigenvalue weighted by Gasteiger charge is 2.18. The van der Waals surface area contributed by atoms with E-state index in [1.54, 1.807) is 0 Å². The minimum absolute atomic E-state index is 0.0453. The highest BCUT2D eigenvalue weighted by Crippen LogP contribution is 2.13. The van der Waals surface area contributed by atoms with Crippen molar-refractivity contribution < 1.29 is 14.3 Å². The van der Waals surface area contributed by atoms with E-state index in [0.717, 1.165) is 31.7 Å². The Labute approximate surface area is 147 Å². The molecule has 2 fully saturated rings. The first-order valence-electron chi connectivity index (χ1n) is 8.36. The number of benzene rings is 1. The normalized spacial score (nSPS) is 20.7. The first kappa shape index (κ1) is 17.1. The zero-order valence-corrected chi connectivity index (χ0v) is 14.4. The Morgan fingerprint density at radius 1 is 1.21 bits per heavy atom. The van der Waals surface area contributed by atoms with Gasteiger partial charge in [-0.05, 0) is 49.3 Å². The molecule has 7 heteroatoms. The van der Waals surface area contributed by atoms with Crippen LogP contribution >= 0.6 is 12.2 Å². The van der Waals surface area contributed by atoms with Crippen molar-refractivity contribution >= 4 is 28.9 Å². The summed E-state index contributed by atoms with van der Waals surface area (Å²) in [5.41, 5.74) is 1.54. The van der Waals surface area contributed by atoms with E-state index in [4.69, 9.17) is 21.7 Å². The van der Waals surface area contributed by atoms with Gasteiger partial charge in [-0.3, -0.25) is 4.79 Å². The average molecular weight is 349 g/mol. The van der Waals surface area contributed by atoms with Crippen molar-refractivity contribution in [3.63, 3.8) is 0 Å². The molecule has 0 bridgehead atoms. The largest absolute Gasteiger partial charge is 0.378 e. The summed E-state index contributed by atoms with van der Waals surface area (Å²) in [6, 6.07) is 7.38. The summed E-state index contributed by atoms with van der Waals surface area (Å²) in [6.45, 7) is 4.07. The number of carbonyl (C=O) groups is 1. The van der Waals surface area contributed by atoms with E-state index in [9.17, 15) is 4.79 Å². The van der Waals surface area contributed by atoms with Crippen molar-refractivity contribution in [3.05, 3.63) is 29.8 Å². The lowest BCUT2D eigenvalue weighted by molar-refractivity contribution is 0.0303. The number of rotatable bonds is 4. The fourth-order valence-electron chi connectivity index (χ4n) is 2.83. The number of morpholine rings is 1. The summed E-state index contributed by atoms with van der Waals surface area (Å²) < 4.78 is 10.8. The Morgan fingerprint density at radius 2 is 1.96 bits per heavy atom. The van der Waals surface area contributed by atoms with Crippen LogP contribution in [0, 0.1) is 0 Å². The van der Waals surface area contributed by atoms with Gasteiger partial charge in [0, 0.05) is 37.5 Å². The number of nitrogens with zero attached hydrogens (tertiary/aromatic N) is 1. The molecule has 2 N–H and O–H groups in total. The van der Waals surface area contributed by atoms with Crippen LogP contribution in [-0.2, 0) is 9.47 Å². The SMILES string of the molecule is O=C(c1ccc(NC(=S)NC[C@@H]2CCCO2)cc1)N1CCOCC1. The van der Waals surface area contributed by atoms with E-state index in [1.165, 1.54) is 0 Å². The summed E-state index contributed by atoms with van der Waals surface area (Å²) in [7, 11) is 0. The molecule has 0 unspecified atom stereocenters. The van der Waals surface area contributed by atoms with Gasteiger partial charge >= 0.3 is 0 Å². The van der Waals surface area contributed by atoms with E-state index < -0.39 is 0 Å². The molecular formula is C17H23N3O3S. The third-order valence-electron chi connectivity index (χ3n) is 4.20. The number of amides is 1. The fourth-order valence-corrected chi connectivity index (χ4v) is 3.03. The van der Waals surface area contributed by atoms with Crippen LogP contribution in [0.25, 0.3) is 0 Å². The second-order valence-electron chi connectivity index (χ2n) is 5.95. The van der Waals surface area contributed by atoms with Crippen molar-refractivity contribution in [3.8, 4) is 0 Å². The molecule has 0 aliphatic carbocycles. The van der Waals surface area contributed by atoms with Crippen LogP contribution in [0.2, 0.25) is 0 Å². The molecule has 1 aromatic rings. The van der Waals surface area contributed by atoms with Gasteiger partial charge in [-0.25, -0.2) is 0 Å². The van der Waals surface area contributed by atoms with Gasteiger partial charge in [0.1, 0.15) is 0 Å². The maximum atomic E-state index is 12.4. The van der Waals surface area contributed by atoms with Crippen LogP contribution in [0.1, 0.15) is 23.2 Å². The number of thiocarbonyl (C=S) groups is 1.